The molecule has 1 heterocycles. The fourth-order valence-electron chi connectivity index (χ4n) is 2.96. The second kappa shape index (κ2) is 6.88. The van der Waals surface area contributed by atoms with E-state index in [1.807, 2.05) is 0 Å². The van der Waals surface area contributed by atoms with E-state index in [4.69, 9.17) is 4.74 Å². The lowest BCUT2D eigenvalue weighted by Gasteiger charge is -2.40. The summed E-state index contributed by atoms with van der Waals surface area (Å²) in [6.45, 7) is 13.6. The Morgan fingerprint density at radius 3 is 2.56 bits per heavy atom. The topological polar surface area (TPSA) is 24.5 Å². The minimum atomic E-state index is 0.287. The second-order valence-electron chi connectivity index (χ2n) is 6.80. The maximum absolute atomic E-state index is 5.33. The molecule has 1 N–H and O–H groups in total. The normalized spacial score (nSPS) is 25.3. The van der Waals surface area contributed by atoms with Crippen LogP contribution in [0.25, 0.3) is 0 Å². The molecule has 0 saturated carbocycles. The van der Waals surface area contributed by atoms with Crippen LogP contribution in [0.2, 0.25) is 0 Å². The van der Waals surface area contributed by atoms with Crippen molar-refractivity contribution in [2.75, 3.05) is 20.3 Å². The molecular formula is C15H32N2O. The summed E-state index contributed by atoms with van der Waals surface area (Å²) in [7, 11) is 1.80. The van der Waals surface area contributed by atoms with Crippen LogP contribution in [0.4, 0.5) is 0 Å². The lowest BCUT2D eigenvalue weighted by atomic mass is 9.79. The molecule has 1 saturated heterocycles. The van der Waals surface area contributed by atoms with Gasteiger partial charge < -0.3 is 4.74 Å². The summed E-state index contributed by atoms with van der Waals surface area (Å²) < 4.78 is 5.33. The molecule has 1 rings (SSSR count). The van der Waals surface area contributed by atoms with Gasteiger partial charge in [0.2, 0.25) is 0 Å². The first kappa shape index (κ1) is 15.9. The van der Waals surface area contributed by atoms with Crippen molar-refractivity contribution in [3.05, 3.63) is 0 Å². The van der Waals surface area contributed by atoms with Gasteiger partial charge in [-0.3, -0.25) is 5.43 Å². The molecule has 0 unspecified atom stereocenters. The Bertz CT molecular complexity index is 237. The van der Waals surface area contributed by atoms with Crippen molar-refractivity contribution in [3.8, 4) is 0 Å². The van der Waals surface area contributed by atoms with Gasteiger partial charge in [-0.15, -0.1) is 0 Å². The lowest BCUT2D eigenvalue weighted by molar-refractivity contribution is 0.0334. The highest BCUT2D eigenvalue weighted by Gasteiger charge is 2.33. The summed E-state index contributed by atoms with van der Waals surface area (Å²) in [5.41, 5.74) is 4.08. The summed E-state index contributed by atoms with van der Waals surface area (Å²) in [5.74, 6) is 0.689. The molecule has 0 aromatic heterocycles. The van der Waals surface area contributed by atoms with Crippen molar-refractivity contribution in [3.63, 3.8) is 0 Å². The first-order valence-electron chi connectivity index (χ1n) is 7.41. The highest BCUT2D eigenvalue weighted by atomic mass is 16.5. The zero-order valence-corrected chi connectivity index (χ0v) is 13.1. The Labute approximate surface area is 113 Å². The van der Waals surface area contributed by atoms with Crippen molar-refractivity contribution < 1.29 is 4.74 Å². The number of hydrazine groups is 1. The largest absolute Gasteiger partial charge is 0.383 e. The first-order valence-corrected chi connectivity index (χ1v) is 7.41. The van der Waals surface area contributed by atoms with E-state index in [-0.39, 0.29) is 5.41 Å². The van der Waals surface area contributed by atoms with Crippen LogP contribution < -0.4 is 5.43 Å². The quantitative estimate of drug-likeness (QED) is 0.790. The standard InChI is InChI=1S/C15H32N2O/c1-7-12(2)14(15(3,4)5)16-17-10-8-9-13(17)11-18-6/h12-14,16H,7-11H2,1-6H3/t12-,13+,14+/m1/s1. The van der Waals surface area contributed by atoms with Crippen LogP contribution >= 0.6 is 0 Å². The Morgan fingerprint density at radius 2 is 2.06 bits per heavy atom. The molecule has 0 aromatic rings. The predicted molar refractivity (Wildman–Crippen MR) is 77.4 cm³/mol. The van der Waals surface area contributed by atoms with Gasteiger partial charge in [0.25, 0.3) is 0 Å². The molecule has 18 heavy (non-hydrogen) atoms. The summed E-state index contributed by atoms with van der Waals surface area (Å²) in [6, 6.07) is 1.07. The first-order chi connectivity index (χ1) is 8.40. The van der Waals surface area contributed by atoms with Gasteiger partial charge in [0.15, 0.2) is 0 Å². The number of nitrogens with one attached hydrogen (secondary N) is 1. The van der Waals surface area contributed by atoms with Crippen molar-refractivity contribution in [1.29, 1.82) is 0 Å². The molecule has 3 nitrogen and oxygen atoms in total. The van der Waals surface area contributed by atoms with E-state index in [1.165, 1.54) is 19.3 Å². The van der Waals surface area contributed by atoms with Crippen molar-refractivity contribution in [2.24, 2.45) is 11.3 Å². The molecular weight excluding hydrogens is 224 g/mol. The maximum atomic E-state index is 5.33. The summed E-state index contributed by atoms with van der Waals surface area (Å²) in [5, 5.41) is 2.42. The summed E-state index contributed by atoms with van der Waals surface area (Å²) in [4.78, 5) is 0. The Kier molecular flexibility index (Phi) is 6.09. The molecule has 0 radical (unpaired) electrons. The molecule has 1 fully saturated rings. The van der Waals surface area contributed by atoms with Gasteiger partial charge in [0, 0.05) is 25.7 Å². The van der Waals surface area contributed by atoms with Gasteiger partial charge in [-0.1, -0.05) is 41.0 Å². The Balaban J connectivity index is 2.65. The molecule has 108 valence electrons. The molecule has 0 aliphatic carbocycles. The molecule has 3 atom stereocenters. The average molecular weight is 256 g/mol. The zero-order valence-electron chi connectivity index (χ0n) is 13.1. The van der Waals surface area contributed by atoms with E-state index in [9.17, 15) is 0 Å². The Morgan fingerprint density at radius 1 is 1.39 bits per heavy atom. The number of ether oxygens (including phenoxy) is 1. The number of hydrogen-bond donors (Lipinski definition) is 1. The van der Waals surface area contributed by atoms with Crippen LogP contribution in [0.5, 0.6) is 0 Å². The van der Waals surface area contributed by atoms with Gasteiger partial charge in [-0.05, 0) is 24.2 Å². The molecule has 0 spiro atoms. The molecule has 1 aliphatic rings. The predicted octanol–water partition coefficient (Wildman–Crippen LogP) is 3.06. The van der Waals surface area contributed by atoms with Crippen LogP contribution in [-0.2, 0) is 4.74 Å². The molecule has 3 heteroatoms. The summed E-state index contributed by atoms with van der Waals surface area (Å²) in [6.07, 6.45) is 3.74. The van der Waals surface area contributed by atoms with E-state index in [0.717, 1.165) is 13.2 Å². The van der Waals surface area contributed by atoms with Gasteiger partial charge >= 0.3 is 0 Å². The maximum Gasteiger partial charge on any atom is 0.0632 e. The third-order valence-corrected chi connectivity index (χ3v) is 4.19. The van der Waals surface area contributed by atoms with E-state index < -0.39 is 0 Å². The number of methoxy groups -OCH3 is 1. The third-order valence-electron chi connectivity index (χ3n) is 4.19. The lowest BCUT2D eigenvalue weighted by Crippen LogP contribution is -2.55. The van der Waals surface area contributed by atoms with Gasteiger partial charge in [-0.2, -0.15) is 0 Å². The van der Waals surface area contributed by atoms with E-state index in [1.54, 1.807) is 7.11 Å². The van der Waals surface area contributed by atoms with Crippen molar-refractivity contribution in [1.82, 2.24) is 10.4 Å². The van der Waals surface area contributed by atoms with Crippen LogP contribution in [-0.4, -0.2) is 37.4 Å². The van der Waals surface area contributed by atoms with Gasteiger partial charge in [0.05, 0.1) is 6.61 Å². The van der Waals surface area contributed by atoms with Crippen molar-refractivity contribution >= 4 is 0 Å². The SMILES string of the molecule is CC[C@@H](C)[C@H](NN1CCC[C@H]1COC)C(C)(C)C. The monoisotopic (exact) mass is 256 g/mol. The van der Waals surface area contributed by atoms with E-state index in [0.29, 0.717) is 18.0 Å². The third kappa shape index (κ3) is 4.22. The second-order valence-corrected chi connectivity index (χ2v) is 6.80. The number of hydrogen-bond acceptors (Lipinski definition) is 3. The smallest absolute Gasteiger partial charge is 0.0632 e. The van der Waals surface area contributed by atoms with Crippen LogP contribution in [0.1, 0.15) is 53.9 Å². The average Bonchev–Trinajstić information content (AvgIpc) is 2.71. The molecule has 0 amide bonds. The van der Waals surface area contributed by atoms with Crippen LogP contribution in [0.15, 0.2) is 0 Å². The highest BCUT2D eigenvalue weighted by Crippen LogP contribution is 2.28. The number of nitrogens with zero attached hydrogens (tertiary/aromatic N) is 1. The van der Waals surface area contributed by atoms with E-state index >= 15 is 0 Å². The zero-order chi connectivity index (χ0) is 13.8. The van der Waals surface area contributed by atoms with Crippen LogP contribution in [0.3, 0.4) is 0 Å². The fraction of sp³-hybridized carbons (Fsp3) is 1.00. The summed E-state index contributed by atoms with van der Waals surface area (Å²) >= 11 is 0. The highest BCUT2D eigenvalue weighted by molar-refractivity contribution is 4.86. The molecule has 0 bridgehead atoms. The molecule has 0 aromatic carbocycles. The molecule has 1 aliphatic heterocycles. The minimum absolute atomic E-state index is 0.287. The van der Waals surface area contributed by atoms with Crippen LogP contribution in [0, 0.1) is 11.3 Å². The van der Waals surface area contributed by atoms with Crippen molar-refractivity contribution in [2.45, 2.75) is 66.0 Å². The van der Waals surface area contributed by atoms with E-state index in [2.05, 4.69) is 45.1 Å². The Hall–Kier alpha value is -0.120. The van der Waals surface area contributed by atoms with Gasteiger partial charge in [0.1, 0.15) is 0 Å². The fourth-order valence-corrected chi connectivity index (χ4v) is 2.96. The van der Waals surface area contributed by atoms with Gasteiger partial charge in [-0.25, -0.2) is 5.01 Å². The number of rotatable bonds is 6. The minimum Gasteiger partial charge on any atom is -0.383 e.